The number of nitrogens with one attached hydrogen (secondary N) is 1. The molecule has 1 aromatic rings. The molecule has 5 nitrogen and oxygen atoms in total. The molecule has 0 saturated carbocycles. The molecule has 0 unspecified atom stereocenters. The lowest BCUT2D eigenvalue weighted by atomic mass is 10.1. The number of rotatable bonds is 10. The topological polar surface area (TPSA) is 65.4 Å². The van der Waals surface area contributed by atoms with Crippen LogP contribution in [0.1, 0.15) is 25.8 Å². The fraction of sp³-hybridized carbons (Fsp3) is 0.529. The summed E-state index contributed by atoms with van der Waals surface area (Å²) in [6, 6.07) is 9.74. The molecule has 0 aliphatic heterocycles. The number of amides is 1. The molecule has 1 amide bonds. The average molecular weight is 303 g/mol. The van der Waals surface area contributed by atoms with Crippen LogP contribution in [0, 0.1) is 11.3 Å². The maximum Gasteiger partial charge on any atom is 0.234 e. The fourth-order valence-electron chi connectivity index (χ4n) is 2.10. The molecule has 0 atom stereocenters. The summed E-state index contributed by atoms with van der Waals surface area (Å²) < 4.78 is 5.77. The third-order valence-corrected chi connectivity index (χ3v) is 3.44. The van der Waals surface area contributed by atoms with Gasteiger partial charge in [0.05, 0.1) is 6.07 Å². The number of carbonyl (C=O) groups is 1. The van der Waals surface area contributed by atoms with Gasteiger partial charge in [-0.1, -0.05) is 26.0 Å². The van der Waals surface area contributed by atoms with Gasteiger partial charge in [0.1, 0.15) is 18.8 Å². The van der Waals surface area contributed by atoms with Gasteiger partial charge in [-0.05, 0) is 37.2 Å². The number of benzene rings is 1. The predicted molar refractivity (Wildman–Crippen MR) is 86.7 cm³/mol. The van der Waals surface area contributed by atoms with Crippen LogP contribution in [0.25, 0.3) is 0 Å². The van der Waals surface area contributed by atoms with Gasteiger partial charge in [0.15, 0.2) is 0 Å². The Kier molecular flexibility index (Phi) is 8.70. The highest BCUT2D eigenvalue weighted by Crippen LogP contribution is 2.13. The van der Waals surface area contributed by atoms with Gasteiger partial charge in [-0.15, -0.1) is 0 Å². The number of hydrogen-bond donors (Lipinski definition) is 1. The Morgan fingerprint density at radius 1 is 1.36 bits per heavy atom. The highest BCUT2D eigenvalue weighted by molar-refractivity contribution is 5.77. The highest BCUT2D eigenvalue weighted by atomic mass is 16.5. The molecule has 1 aromatic carbocycles. The van der Waals surface area contributed by atoms with E-state index < -0.39 is 0 Å². The van der Waals surface area contributed by atoms with Gasteiger partial charge in [0.2, 0.25) is 5.91 Å². The Bertz CT molecular complexity index is 493. The molecule has 1 N–H and O–H groups in total. The first-order valence-corrected chi connectivity index (χ1v) is 7.77. The molecular weight excluding hydrogens is 278 g/mol. The molecule has 0 aromatic heterocycles. The predicted octanol–water partition coefficient (Wildman–Crippen LogP) is 1.98. The van der Waals surface area contributed by atoms with Crippen molar-refractivity contribution in [1.29, 1.82) is 5.26 Å². The van der Waals surface area contributed by atoms with Crippen molar-refractivity contribution in [3.63, 3.8) is 0 Å². The standard InChI is InChI=1S/C17H25N3O2/c1-3-20(4-2)12-13-22-16-7-5-6-15(14-16)9-11-19-17(21)8-10-18/h5-7,14H,3-4,8-9,11-13H2,1-2H3,(H,19,21). The molecule has 0 radical (unpaired) electrons. The molecule has 0 aliphatic carbocycles. The van der Waals surface area contributed by atoms with E-state index in [9.17, 15) is 4.79 Å². The van der Waals surface area contributed by atoms with E-state index in [-0.39, 0.29) is 12.3 Å². The first kappa shape index (κ1) is 18.0. The molecule has 22 heavy (non-hydrogen) atoms. The molecule has 0 bridgehead atoms. The Morgan fingerprint density at radius 3 is 2.82 bits per heavy atom. The Balaban J connectivity index is 2.36. The van der Waals surface area contributed by atoms with E-state index in [0.717, 1.165) is 37.4 Å². The lowest BCUT2D eigenvalue weighted by molar-refractivity contribution is -0.120. The van der Waals surface area contributed by atoms with Crippen LogP contribution >= 0.6 is 0 Å². The van der Waals surface area contributed by atoms with Gasteiger partial charge in [-0.3, -0.25) is 4.79 Å². The SMILES string of the molecule is CCN(CC)CCOc1cccc(CCNC(=O)CC#N)c1. The second kappa shape index (κ2) is 10.6. The average Bonchev–Trinajstić information content (AvgIpc) is 2.52. The number of ether oxygens (including phenoxy) is 1. The van der Waals surface area contributed by atoms with Crippen molar-refractivity contribution in [2.75, 3.05) is 32.8 Å². The first-order chi connectivity index (χ1) is 10.7. The number of nitrogens with zero attached hydrogens (tertiary/aromatic N) is 2. The Labute approximate surface area is 132 Å². The highest BCUT2D eigenvalue weighted by Gasteiger charge is 2.02. The Hall–Kier alpha value is -2.06. The summed E-state index contributed by atoms with van der Waals surface area (Å²) >= 11 is 0. The second-order valence-electron chi connectivity index (χ2n) is 4.96. The van der Waals surface area contributed by atoms with Gasteiger partial charge in [-0.25, -0.2) is 0 Å². The number of likely N-dealkylation sites (N-methyl/N-ethyl adjacent to an activating group) is 1. The molecule has 0 heterocycles. The van der Waals surface area contributed by atoms with Crippen LogP contribution in [0.3, 0.4) is 0 Å². The molecule has 0 saturated heterocycles. The van der Waals surface area contributed by atoms with Gasteiger partial charge >= 0.3 is 0 Å². The maximum absolute atomic E-state index is 11.2. The number of carbonyl (C=O) groups excluding carboxylic acids is 1. The van der Waals surface area contributed by atoms with Gasteiger partial charge in [0, 0.05) is 13.1 Å². The Morgan fingerprint density at radius 2 is 2.14 bits per heavy atom. The second-order valence-corrected chi connectivity index (χ2v) is 4.96. The van der Waals surface area contributed by atoms with Crippen molar-refractivity contribution >= 4 is 5.91 Å². The van der Waals surface area contributed by atoms with Crippen LogP contribution in [0.15, 0.2) is 24.3 Å². The van der Waals surface area contributed by atoms with Crippen LogP contribution < -0.4 is 10.1 Å². The minimum Gasteiger partial charge on any atom is -0.492 e. The molecular formula is C17H25N3O2. The van der Waals surface area contributed by atoms with E-state index in [0.29, 0.717) is 13.2 Å². The summed E-state index contributed by atoms with van der Waals surface area (Å²) in [7, 11) is 0. The maximum atomic E-state index is 11.2. The fourth-order valence-corrected chi connectivity index (χ4v) is 2.10. The van der Waals surface area contributed by atoms with Crippen molar-refractivity contribution in [3.8, 4) is 11.8 Å². The molecule has 5 heteroatoms. The molecule has 120 valence electrons. The van der Waals surface area contributed by atoms with E-state index in [1.54, 1.807) is 0 Å². The summed E-state index contributed by atoms with van der Waals surface area (Å²) in [5, 5.41) is 11.1. The lowest BCUT2D eigenvalue weighted by Crippen LogP contribution is -2.27. The molecule has 1 rings (SSSR count). The summed E-state index contributed by atoms with van der Waals surface area (Å²) in [4.78, 5) is 13.5. The molecule has 0 aliphatic rings. The lowest BCUT2D eigenvalue weighted by Gasteiger charge is -2.18. The van der Waals surface area contributed by atoms with Crippen LogP contribution in [-0.4, -0.2) is 43.6 Å². The third kappa shape index (κ3) is 7.09. The van der Waals surface area contributed by atoms with E-state index >= 15 is 0 Å². The van der Waals surface area contributed by atoms with E-state index in [1.165, 1.54) is 0 Å². The summed E-state index contributed by atoms with van der Waals surface area (Å²) in [6.07, 6.45) is 0.638. The monoisotopic (exact) mass is 303 g/mol. The summed E-state index contributed by atoms with van der Waals surface area (Å²) in [5.41, 5.74) is 1.11. The van der Waals surface area contributed by atoms with E-state index in [2.05, 4.69) is 24.1 Å². The summed E-state index contributed by atoms with van der Waals surface area (Å²) in [6.45, 7) is 8.47. The van der Waals surface area contributed by atoms with E-state index in [4.69, 9.17) is 10.00 Å². The van der Waals surface area contributed by atoms with Crippen LogP contribution in [-0.2, 0) is 11.2 Å². The van der Waals surface area contributed by atoms with Crippen molar-refractivity contribution in [2.45, 2.75) is 26.7 Å². The molecule has 0 fully saturated rings. The minimum atomic E-state index is -0.228. The minimum absolute atomic E-state index is 0.0888. The first-order valence-electron chi connectivity index (χ1n) is 7.77. The van der Waals surface area contributed by atoms with E-state index in [1.807, 2.05) is 30.3 Å². The van der Waals surface area contributed by atoms with Crippen molar-refractivity contribution < 1.29 is 9.53 Å². The van der Waals surface area contributed by atoms with Crippen LogP contribution in [0.5, 0.6) is 5.75 Å². The number of nitriles is 1. The third-order valence-electron chi connectivity index (χ3n) is 3.44. The zero-order chi connectivity index (χ0) is 16.2. The largest absolute Gasteiger partial charge is 0.492 e. The molecule has 0 spiro atoms. The quantitative estimate of drug-likeness (QED) is 0.718. The smallest absolute Gasteiger partial charge is 0.234 e. The van der Waals surface area contributed by atoms with Crippen molar-refractivity contribution in [3.05, 3.63) is 29.8 Å². The zero-order valence-electron chi connectivity index (χ0n) is 13.5. The van der Waals surface area contributed by atoms with Crippen molar-refractivity contribution in [2.24, 2.45) is 0 Å². The number of hydrogen-bond acceptors (Lipinski definition) is 4. The summed E-state index contributed by atoms with van der Waals surface area (Å²) in [5.74, 6) is 0.627. The van der Waals surface area contributed by atoms with Gasteiger partial charge < -0.3 is 15.0 Å². The zero-order valence-corrected chi connectivity index (χ0v) is 13.5. The van der Waals surface area contributed by atoms with Gasteiger partial charge in [-0.2, -0.15) is 5.26 Å². The van der Waals surface area contributed by atoms with Gasteiger partial charge in [0.25, 0.3) is 0 Å². The van der Waals surface area contributed by atoms with Crippen LogP contribution in [0.2, 0.25) is 0 Å². The van der Waals surface area contributed by atoms with Crippen molar-refractivity contribution in [1.82, 2.24) is 10.2 Å². The van der Waals surface area contributed by atoms with Crippen LogP contribution in [0.4, 0.5) is 0 Å². The normalized spacial score (nSPS) is 10.3.